The molecule has 19 heavy (non-hydrogen) atoms. The van der Waals surface area contributed by atoms with Crippen LogP contribution in [-0.4, -0.2) is 51.5 Å². The van der Waals surface area contributed by atoms with E-state index in [1.165, 1.54) is 32.1 Å². The topological polar surface area (TPSA) is 59.6 Å². The minimum atomic E-state index is -0.188. The van der Waals surface area contributed by atoms with E-state index in [-0.39, 0.29) is 11.9 Å². The van der Waals surface area contributed by atoms with Crippen molar-refractivity contribution in [2.45, 2.75) is 51.2 Å². The second kappa shape index (κ2) is 10.2. The molecule has 2 N–H and O–H groups in total. The van der Waals surface area contributed by atoms with Crippen molar-refractivity contribution in [1.82, 2.24) is 10.6 Å². The molecule has 0 heterocycles. The van der Waals surface area contributed by atoms with Crippen molar-refractivity contribution in [2.75, 3.05) is 33.4 Å². The number of carbonyl (C=O) groups excluding carboxylic acids is 1. The summed E-state index contributed by atoms with van der Waals surface area (Å²) in [5.74, 6) is 0.00900. The summed E-state index contributed by atoms with van der Waals surface area (Å²) in [5, 5.41) is 5.98. The molecule has 1 rings (SSSR count). The first-order valence-electron chi connectivity index (χ1n) is 7.35. The zero-order chi connectivity index (χ0) is 13.9. The Morgan fingerprint density at radius 2 is 1.95 bits per heavy atom. The smallest absolute Gasteiger partial charge is 0.236 e. The van der Waals surface area contributed by atoms with Gasteiger partial charge in [-0.3, -0.25) is 4.79 Å². The predicted molar refractivity (Wildman–Crippen MR) is 75.2 cm³/mol. The van der Waals surface area contributed by atoms with Crippen molar-refractivity contribution in [3.63, 3.8) is 0 Å². The summed E-state index contributed by atoms with van der Waals surface area (Å²) in [6, 6.07) is -0.188. The van der Waals surface area contributed by atoms with Crippen molar-refractivity contribution >= 4 is 5.91 Å². The van der Waals surface area contributed by atoms with Crippen LogP contribution in [0.4, 0.5) is 0 Å². The summed E-state index contributed by atoms with van der Waals surface area (Å²) in [4.78, 5) is 11.6. The van der Waals surface area contributed by atoms with Crippen LogP contribution in [0.25, 0.3) is 0 Å². The number of nitrogens with one attached hydrogen (secondary N) is 2. The van der Waals surface area contributed by atoms with Crippen molar-refractivity contribution in [2.24, 2.45) is 0 Å². The highest BCUT2D eigenvalue weighted by molar-refractivity contribution is 5.81. The number of rotatable bonds is 9. The highest BCUT2D eigenvalue weighted by Gasteiger charge is 2.14. The SMILES string of the molecule is COCCNC(=O)C(C)NCCOC1CCCCC1. The van der Waals surface area contributed by atoms with Crippen molar-refractivity contribution in [1.29, 1.82) is 0 Å². The van der Waals surface area contributed by atoms with Crippen LogP contribution in [0.1, 0.15) is 39.0 Å². The van der Waals surface area contributed by atoms with E-state index in [2.05, 4.69) is 10.6 Å². The lowest BCUT2D eigenvalue weighted by molar-refractivity contribution is -0.123. The molecule has 0 saturated heterocycles. The fourth-order valence-corrected chi connectivity index (χ4v) is 2.25. The Hall–Kier alpha value is -0.650. The van der Waals surface area contributed by atoms with Crippen LogP contribution >= 0.6 is 0 Å². The van der Waals surface area contributed by atoms with E-state index >= 15 is 0 Å². The van der Waals surface area contributed by atoms with Gasteiger partial charge in [0.05, 0.1) is 25.4 Å². The van der Waals surface area contributed by atoms with Crippen LogP contribution in [-0.2, 0) is 14.3 Å². The van der Waals surface area contributed by atoms with Gasteiger partial charge in [-0.2, -0.15) is 0 Å². The van der Waals surface area contributed by atoms with E-state index < -0.39 is 0 Å². The molecule has 5 nitrogen and oxygen atoms in total. The Balaban J connectivity index is 1.99. The van der Waals surface area contributed by atoms with Gasteiger partial charge in [-0.1, -0.05) is 19.3 Å². The lowest BCUT2D eigenvalue weighted by atomic mass is 9.98. The molecule has 1 amide bonds. The highest BCUT2D eigenvalue weighted by Crippen LogP contribution is 2.19. The Morgan fingerprint density at radius 3 is 2.63 bits per heavy atom. The molecule has 1 saturated carbocycles. The second-order valence-corrected chi connectivity index (χ2v) is 5.09. The first-order chi connectivity index (χ1) is 9.24. The number of hydrogen-bond acceptors (Lipinski definition) is 4. The van der Waals surface area contributed by atoms with Crippen LogP contribution in [0, 0.1) is 0 Å². The molecule has 5 heteroatoms. The maximum absolute atomic E-state index is 11.6. The van der Waals surface area contributed by atoms with Crippen molar-refractivity contribution in [3.05, 3.63) is 0 Å². The van der Waals surface area contributed by atoms with Crippen LogP contribution in [0.15, 0.2) is 0 Å². The Bertz CT molecular complexity index is 243. The maximum atomic E-state index is 11.6. The van der Waals surface area contributed by atoms with Gasteiger partial charge >= 0.3 is 0 Å². The third kappa shape index (κ3) is 7.50. The fourth-order valence-electron chi connectivity index (χ4n) is 2.25. The third-order valence-electron chi connectivity index (χ3n) is 3.46. The van der Waals surface area contributed by atoms with E-state index in [0.717, 1.165) is 6.54 Å². The van der Waals surface area contributed by atoms with Gasteiger partial charge in [0.2, 0.25) is 5.91 Å². The van der Waals surface area contributed by atoms with Gasteiger partial charge in [0.15, 0.2) is 0 Å². The molecule has 0 radical (unpaired) electrons. The van der Waals surface area contributed by atoms with Crippen LogP contribution in [0.5, 0.6) is 0 Å². The summed E-state index contributed by atoms with van der Waals surface area (Å²) in [7, 11) is 1.62. The summed E-state index contributed by atoms with van der Waals surface area (Å²) < 4.78 is 10.7. The Kier molecular flexibility index (Phi) is 8.79. The summed E-state index contributed by atoms with van der Waals surface area (Å²) >= 11 is 0. The molecular weight excluding hydrogens is 244 g/mol. The number of hydrogen-bond donors (Lipinski definition) is 2. The van der Waals surface area contributed by atoms with Gasteiger partial charge < -0.3 is 20.1 Å². The Labute approximate surface area is 116 Å². The molecule has 1 unspecified atom stereocenters. The predicted octanol–water partition coefficient (Wildman–Crippen LogP) is 1.08. The number of ether oxygens (including phenoxy) is 2. The normalized spacial score (nSPS) is 18.2. The zero-order valence-electron chi connectivity index (χ0n) is 12.2. The zero-order valence-corrected chi connectivity index (χ0v) is 12.2. The first kappa shape index (κ1) is 16.4. The summed E-state index contributed by atoms with van der Waals surface area (Å²) in [6.45, 7) is 4.36. The number of carbonyl (C=O) groups is 1. The van der Waals surface area contributed by atoms with Crippen molar-refractivity contribution in [3.8, 4) is 0 Å². The maximum Gasteiger partial charge on any atom is 0.236 e. The molecule has 0 spiro atoms. The second-order valence-electron chi connectivity index (χ2n) is 5.09. The third-order valence-corrected chi connectivity index (χ3v) is 3.46. The number of methoxy groups -OCH3 is 1. The van der Waals surface area contributed by atoms with Crippen LogP contribution in [0.2, 0.25) is 0 Å². The van der Waals surface area contributed by atoms with E-state index in [9.17, 15) is 4.79 Å². The molecule has 0 aromatic carbocycles. The molecule has 0 bridgehead atoms. The molecule has 1 aliphatic carbocycles. The Morgan fingerprint density at radius 1 is 1.21 bits per heavy atom. The first-order valence-corrected chi connectivity index (χ1v) is 7.35. The van der Waals surface area contributed by atoms with Gasteiger partial charge in [-0.05, 0) is 19.8 Å². The molecule has 0 aliphatic heterocycles. The highest BCUT2D eigenvalue weighted by atomic mass is 16.5. The molecule has 112 valence electrons. The van der Waals surface area contributed by atoms with Gasteiger partial charge in [-0.25, -0.2) is 0 Å². The monoisotopic (exact) mass is 272 g/mol. The fraction of sp³-hybridized carbons (Fsp3) is 0.929. The molecule has 0 aromatic heterocycles. The lowest BCUT2D eigenvalue weighted by Gasteiger charge is -2.22. The standard InChI is InChI=1S/C14H28N2O3/c1-12(14(17)16-8-10-18-2)15-9-11-19-13-6-4-3-5-7-13/h12-13,15H,3-11H2,1-2H3,(H,16,17). The average Bonchev–Trinajstić information content (AvgIpc) is 2.44. The van der Waals surface area contributed by atoms with E-state index in [4.69, 9.17) is 9.47 Å². The summed E-state index contributed by atoms with van der Waals surface area (Å²) in [6.07, 6.45) is 6.73. The van der Waals surface area contributed by atoms with Crippen LogP contribution in [0.3, 0.4) is 0 Å². The lowest BCUT2D eigenvalue weighted by Crippen LogP contribution is -2.44. The molecular formula is C14H28N2O3. The molecule has 1 atom stereocenters. The number of amides is 1. The minimum Gasteiger partial charge on any atom is -0.383 e. The van der Waals surface area contributed by atoms with Gasteiger partial charge in [0.1, 0.15) is 0 Å². The van der Waals surface area contributed by atoms with Gasteiger partial charge in [0.25, 0.3) is 0 Å². The molecule has 0 aromatic rings. The van der Waals surface area contributed by atoms with Gasteiger partial charge in [0, 0.05) is 20.2 Å². The minimum absolute atomic E-state index is 0.00900. The van der Waals surface area contributed by atoms with E-state index in [0.29, 0.717) is 25.9 Å². The largest absolute Gasteiger partial charge is 0.383 e. The summed E-state index contributed by atoms with van der Waals surface area (Å²) in [5.41, 5.74) is 0. The van der Waals surface area contributed by atoms with Crippen molar-refractivity contribution < 1.29 is 14.3 Å². The van der Waals surface area contributed by atoms with E-state index in [1.807, 2.05) is 6.92 Å². The molecule has 1 aliphatic rings. The van der Waals surface area contributed by atoms with Gasteiger partial charge in [-0.15, -0.1) is 0 Å². The van der Waals surface area contributed by atoms with Crippen LogP contribution < -0.4 is 10.6 Å². The quantitative estimate of drug-likeness (QED) is 0.617. The van der Waals surface area contributed by atoms with E-state index in [1.54, 1.807) is 7.11 Å². The average molecular weight is 272 g/mol. The molecule has 1 fully saturated rings.